The third-order valence-electron chi connectivity index (χ3n) is 5.56. The molecule has 0 bridgehead atoms. The summed E-state index contributed by atoms with van der Waals surface area (Å²) in [6.45, 7) is 6.10. The molecule has 0 radical (unpaired) electrons. The summed E-state index contributed by atoms with van der Waals surface area (Å²) in [5.74, 6) is -0.0829. The largest absolute Gasteiger partial charge is 0.350 e. The number of benzene rings is 3. The fourth-order valence-corrected chi connectivity index (χ4v) is 4.04. The molecular formula is C29H29N3O. The Labute approximate surface area is 195 Å². The Hall–Kier alpha value is -3.92. The van der Waals surface area contributed by atoms with Gasteiger partial charge in [0.05, 0.1) is 11.7 Å². The maximum Gasteiger partial charge on any atom is 0.244 e. The maximum atomic E-state index is 11.9. The molecular weight excluding hydrogens is 406 g/mol. The third kappa shape index (κ3) is 5.29. The van der Waals surface area contributed by atoms with Crippen molar-refractivity contribution < 1.29 is 4.79 Å². The van der Waals surface area contributed by atoms with Gasteiger partial charge in [-0.2, -0.15) is 5.10 Å². The molecule has 0 spiro atoms. The summed E-state index contributed by atoms with van der Waals surface area (Å²) >= 11 is 0. The Kier molecular flexibility index (Phi) is 6.84. The molecule has 4 rings (SSSR count). The highest BCUT2D eigenvalue weighted by Gasteiger charge is 2.14. The van der Waals surface area contributed by atoms with Gasteiger partial charge in [0.2, 0.25) is 5.91 Å². The maximum absolute atomic E-state index is 11.9. The number of hydrogen-bond acceptors (Lipinski definition) is 2. The van der Waals surface area contributed by atoms with Gasteiger partial charge in [0, 0.05) is 17.5 Å². The van der Waals surface area contributed by atoms with Gasteiger partial charge in [-0.15, -0.1) is 0 Å². The molecule has 0 unspecified atom stereocenters. The van der Waals surface area contributed by atoms with Crippen LogP contribution in [0.25, 0.3) is 28.1 Å². The van der Waals surface area contributed by atoms with Gasteiger partial charge < -0.3 is 5.32 Å². The van der Waals surface area contributed by atoms with Crippen molar-refractivity contribution in [2.75, 3.05) is 0 Å². The third-order valence-corrected chi connectivity index (χ3v) is 5.56. The Balaban J connectivity index is 1.77. The number of hydrogen-bond donors (Lipinski definition) is 2. The number of aromatic amines is 1. The second-order valence-corrected chi connectivity index (χ2v) is 8.36. The average Bonchev–Trinajstić information content (AvgIpc) is 3.30. The van der Waals surface area contributed by atoms with Gasteiger partial charge in [-0.25, -0.2) is 0 Å². The van der Waals surface area contributed by atoms with E-state index in [0.29, 0.717) is 0 Å². The number of amides is 1. The van der Waals surface area contributed by atoms with Crippen LogP contribution in [0.5, 0.6) is 0 Å². The van der Waals surface area contributed by atoms with Crippen LogP contribution >= 0.6 is 0 Å². The van der Waals surface area contributed by atoms with E-state index in [-0.39, 0.29) is 11.9 Å². The second kappa shape index (κ2) is 10.1. The van der Waals surface area contributed by atoms with Crippen molar-refractivity contribution in [2.45, 2.75) is 33.2 Å². The number of fused-ring (bicyclic) bond motifs is 1. The predicted octanol–water partition coefficient (Wildman–Crippen LogP) is 6.47. The molecule has 0 aliphatic carbocycles. The molecule has 0 fully saturated rings. The van der Waals surface area contributed by atoms with Crippen molar-refractivity contribution in [1.29, 1.82) is 0 Å². The smallest absolute Gasteiger partial charge is 0.244 e. The fourth-order valence-electron chi connectivity index (χ4n) is 4.04. The summed E-state index contributed by atoms with van der Waals surface area (Å²) in [4.78, 5) is 11.9. The quantitative estimate of drug-likeness (QED) is 0.258. The molecule has 2 N–H and O–H groups in total. The molecule has 4 aromatic rings. The molecule has 166 valence electrons. The van der Waals surface area contributed by atoms with Gasteiger partial charge in [-0.3, -0.25) is 9.89 Å². The van der Waals surface area contributed by atoms with Crippen LogP contribution in [0.1, 0.15) is 49.4 Å². The molecule has 1 amide bonds. The normalized spacial score (nSPS) is 12.4. The Morgan fingerprint density at radius 3 is 2.39 bits per heavy atom. The molecule has 33 heavy (non-hydrogen) atoms. The first-order valence-corrected chi connectivity index (χ1v) is 11.4. The molecule has 4 nitrogen and oxygen atoms in total. The van der Waals surface area contributed by atoms with Crippen LogP contribution in [0.3, 0.4) is 0 Å². The van der Waals surface area contributed by atoms with Gasteiger partial charge in [-0.05, 0) is 71.9 Å². The number of allylic oxidation sites excluding steroid dienone is 1. The fraction of sp³-hybridized carbons (Fsp3) is 0.172. The number of carbonyl (C=O) groups is 1. The van der Waals surface area contributed by atoms with Crippen molar-refractivity contribution in [3.05, 3.63) is 107 Å². The van der Waals surface area contributed by atoms with E-state index in [2.05, 4.69) is 89.2 Å². The van der Waals surface area contributed by atoms with Crippen LogP contribution < -0.4 is 5.32 Å². The molecule has 0 atom stereocenters. The van der Waals surface area contributed by atoms with Crippen LogP contribution in [0, 0.1) is 0 Å². The summed E-state index contributed by atoms with van der Waals surface area (Å²) < 4.78 is 0. The zero-order valence-electron chi connectivity index (χ0n) is 19.3. The summed E-state index contributed by atoms with van der Waals surface area (Å²) in [6.07, 6.45) is 6.20. The average molecular weight is 436 g/mol. The highest BCUT2D eigenvalue weighted by Crippen LogP contribution is 2.35. The first-order valence-electron chi connectivity index (χ1n) is 11.4. The van der Waals surface area contributed by atoms with Crippen LogP contribution in [-0.4, -0.2) is 22.1 Å². The number of nitrogens with zero attached hydrogens (tertiary/aromatic N) is 1. The lowest BCUT2D eigenvalue weighted by Gasteiger charge is -2.17. The van der Waals surface area contributed by atoms with Gasteiger partial charge in [-0.1, -0.05) is 67.6 Å². The van der Waals surface area contributed by atoms with Gasteiger partial charge in [0.1, 0.15) is 0 Å². The monoisotopic (exact) mass is 435 g/mol. The molecule has 0 aliphatic heterocycles. The summed E-state index contributed by atoms with van der Waals surface area (Å²) in [7, 11) is 0. The second-order valence-electron chi connectivity index (χ2n) is 8.36. The van der Waals surface area contributed by atoms with Crippen LogP contribution in [0.15, 0.2) is 85.1 Å². The minimum atomic E-state index is -0.0829. The number of carbonyl (C=O) groups excluding carboxylic acids is 1. The first kappa shape index (κ1) is 22.3. The van der Waals surface area contributed by atoms with Crippen LogP contribution in [-0.2, 0) is 4.79 Å². The number of rotatable bonds is 7. The number of H-pyrrole nitrogens is 1. The summed E-state index contributed by atoms with van der Waals surface area (Å²) in [6, 6.07) is 25.5. The molecule has 0 saturated carbocycles. The van der Waals surface area contributed by atoms with E-state index in [1.165, 1.54) is 16.7 Å². The van der Waals surface area contributed by atoms with E-state index < -0.39 is 0 Å². The van der Waals surface area contributed by atoms with E-state index >= 15 is 0 Å². The molecule has 1 aromatic heterocycles. The predicted molar refractivity (Wildman–Crippen MR) is 137 cm³/mol. The number of aromatic nitrogens is 2. The zero-order chi connectivity index (χ0) is 23.2. The lowest BCUT2D eigenvalue weighted by molar-refractivity contribution is -0.116. The minimum Gasteiger partial charge on any atom is -0.350 e. The van der Waals surface area contributed by atoms with Gasteiger partial charge >= 0.3 is 0 Å². The molecule has 0 saturated heterocycles. The van der Waals surface area contributed by atoms with Crippen molar-refractivity contribution in [2.24, 2.45) is 0 Å². The summed E-state index contributed by atoms with van der Waals surface area (Å²) in [5, 5.41) is 11.2. The van der Waals surface area contributed by atoms with E-state index in [1.54, 1.807) is 6.08 Å². The van der Waals surface area contributed by atoms with Gasteiger partial charge in [0.15, 0.2) is 0 Å². The van der Waals surface area contributed by atoms with E-state index in [0.717, 1.165) is 34.0 Å². The SMILES string of the molecule is CC/C(=C(/c1ccc(/C=C/C(=O)NC(C)C)cc1)c1ccc2[nH]ncc2c1)c1ccccc1. The highest BCUT2D eigenvalue weighted by atomic mass is 16.1. The van der Waals surface area contributed by atoms with E-state index in [4.69, 9.17) is 0 Å². The van der Waals surface area contributed by atoms with Crippen molar-refractivity contribution >= 4 is 34.0 Å². The number of nitrogens with one attached hydrogen (secondary N) is 2. The van der Waals surface area contributed by atoms with Crippen LogP contribution in [0.2, 0.25) is 0 Å². The van der Waals surface area contributed by atoms with Crippen LogP contribution in [0.4, 0.5) is 0 Å². The van der Waals surface area contributed by atoms with Crippen molar-refractivity contribution in [3.63, 3.8) is 0 Å². The van der Waals surface area contributed by atoms with E-state index in [1.807, 2.05) is 32.2 Å². The molecule has 0 aliphatic rings. The minimum absolute atomic E-state index is 0.0829. The Morgan fingerprint density at radius 1 is 0.970 bits per heavy atom. The molecule has 1 heterocycles. The summed E-state index contributed by atoms with van der Waals surface area (Å²) in [5.41, 5.74) is 8.03. The standard InChI is InChI=1S/C29H29N3O/c1-4-26(22-8-6-5-7-9-22)29(24-15-16-27-25(18-24)19-30-32-27)23-13-10-21(11-14-23)12-17-28(33)31-20(2)3/h5-20H,4H2,1-3H3,(H,30,32)(H,31,33)/b17-12+,29-26+. The molecule has 3 aromatic carbocycles. The van der Waals surface area contributed by atoms with Gasteiger partial charge in [0.25, 0.3) is 0 Å². The topological polar surface area (TPSA) is 57.8 Å². The lowest BCUT2D eigenvalue weighted by Crippen LogP contribution is -2.28. The van der Waals surface area contributed by atoms with Crippen molar-refractivity contribution in [1.82, 2.24) is 15.5 Å². The Bertz CT molecular complexity index is 1300. The molecule has 4 heteroatoms. The Morgan fingerprint density at radius 2 is 1.70 bits per heavy atom. The zero-order valence-corrected chi connectivity index (χ0v) is 19.3. The lowest BCUT2D eigenvalue weighted by atomic mass is 9.87. The first-order chi connectivity index (χ1) is 16.0. The van der Waals surface area contributed by atoms with E-state index in [9.17, 15) is 4.79 Å². The van der Waals surface area contributed by atoms with Crippen molar-refractivity contribution in [3.8, 4) is 0 Å². The highest BCUT2D eigenvalue weighted by molar-refractivity contribution is 6.00.